The Morgan fingerprint density at radius 3 is 2.66 bits per heavy atom. The van der Waals surface area contributed by atoms with Crippen molar-refractivity contribution >= 4 is 17.5 Å². The maximum Gasteiger partial charge on any atom is 0.226 e. The number of nitrogens with one attached hydrogen (secondary N) is 3. The molecule has 29 heavy (non-hydrogen) atoms. The summed E-state index contributed by atoms with van der Waals surface area (Å²) in [5, 5.41) is 13.0. The summed E-state index contributed by atoms with van der Waals surface area (Å²) in [6, 6.07) is 16.5. The molecule has 3 aromatic rings. The van der Waals surface area contributed by atoms with Gasteiger partial charge in [0.1, 0.15) is 5.82 Å². The fraction of sp³-hybridized carbons (Fsp3) is 0.273. The van der Waals surface area contributed by atoms with Crippen molar-refractivity contribution in [3.63, 3.8) is 0 Å². The second-order valence-electron chi connectivity index (χ2n) is 7.32. The number of carbonyl (C=O) groups is 2. The Morgan fingerprint density at radius 1 is 1.14 bits per heavy atom. The van der Waals surface area contributed by atoms with Gasteiger partial charge in [0.25, 0.3) is 0 Å². The highest BCUT2D eigenvalue weighted by Gasteiger charge is 2.27. The lowest BCUT2D eigenvalue weighted by Gasteiger charge is -2.18. The standard InChI is InChI=1S/C22H23N5O2/c1-14(28)23-19(15-6-3-2-4-7-15)13-20(29)24-18-9-5-8-17(12-18)22-25-21(26-27-22)16-10-11-16/h2-9,12,16,19H,10-11,13H2,1H3,(H,23,28)(H,24,29)(H,25,26,27). The van der Waals surface area contributed by atoms with Crippen molar-refractivity contribution in [2.24, 2.45) is 0 Å². The first-order valence-electron chi connectivity index (χ1n) is 9.73. The lowest BCUT2D eigenvalue weighted by atomic mass is 10.0. The second kappa shape index (κ2) is 8.26. The molecule has 3 N–H and O–H groups in total. The average Bonchev–Trinajstić information content (AvgIpc) is 3.44. The van der Waals surface area contributed by atoms with Crippen LogP contribution >= 0.6 is 0 Å². The first-order chi connectivity index (χ1) is 14.1. The van der Waals surface area contributed by atoms with E-state index in [9.17, 15) is 9.59 Å². The third kappa shape index (κ3) is 4.87. The molecule has 1 heterocycles. The van der Waals surface area contributed by atoms with E-state index in [1.54, 1.807) is 0 Å². The lowest BCUT2D eigenvalue weighted by molar-refractivity contribution is -0.120. The molecule has 0 bridgehead atoms. The van der Waals surface area contributed by atoms with Crippen LogP contribution in [0.15, 0.2) is 54.6 Å². The minimum Gasteiger partial charge on any atom is -0.349 e. The summed E-state index contributed by atoms with van der Waals surface area (Å²) in [4.78, 5) is 28.7. The van der Waals surface area contributed by atoms with Gasteiger partial charge in [-0.15, -0.1) is 0 Å². The highest BCUT2D eigenvalue weighted by Crippen LogP contribution is 2.38. The molecule has 7 nitrogen and oxygen atoms in total. The molecular formula is C22H23N5O2. The van der Waals surface area contributed by atoms with Crippen LogP contribution in [-0.4, -0.2) is 27.0 Å². The zero-order valence-electron chi connectivity index (χ0n) is 16.2. The number of H-pyrrole nitrogens is 1. The van der Waals surface area contributed by atoms with Gasteiger partial charge in [-0.2, -0.15) is 5.10 Å². The first kappa shape index (κ1) is 18.9. The van der Waals surface area contributed by atoms with Gasteiger partial charge in [-0.05, 0) is 30.5 Å². The molecule has 4 rings (SSSR count). The smallest absolute Gasteiger partial charge is 0.226 e. The van der Waals surface area contributed by atoms with Crippen molar-refractivity contribution in [1.82, 2.24) is 20.5 Å². The minimum atomic E-state index is -0.383. The Kier molecular flexibility index (Phi) is 5.37. The van der Waals surface area contributed by atoms with Crippen molar-refractivity contribution in [3.8, 4) is 11.4 Å². The van der Waals surface area contributed by atoms with Crippen LogP contribution in [-0.2, 0) is 9.59 Å². The van der Waals surface area contributed by atoms with Crippen LogP contribution in [0, 0.1) is 0 Å². The van der Waals surface area contributed by atoms with Crippen molar-refractivity contribution < 1.29 is 9.59 Å². The molecule has 148 valence electrons. The van der Waals surface area contributed by atoms with Crippen LogP contribution in [0.5, 0.6) is 0 Å². The van der Waals surface area contributed by atoms with Gasteiger partial charge in [0.15, 0.2) is 5.82 Å². The molecule has 2 amide bonds. The number of benzene rings is 2. The number of amides is 2. The van der Waals surface area contributed by atoms with Gasteiger partial charge in [0.05, 0.1) is 12.5 Å². The SMILES string of the molecule is CC(=O)NC(CC(=O)Nc1cccc(-c2n[nH]c(C3CC3)n2)c1)c1ccccc1. The maximum atomic E-state index is 12.6. The molecule has 1 aromatic heterocycles. The van der Waals surface area contributed by atoms with Crippen molar-refractivity contribution in [2.45, 2.75) is 38.1 Å². The summed E-state index contributed by atoms with van der Waals surface area (Å²) >= 11 is 0. The van der Waals surface area contributed by atoms with E-state index in [1.165, 1.54) is 6.92 Å². The number of carbonyl (C=O) groups excluding carboxylic acids is 2. The number of aromatic nitrogens is 3. The predicted molar refractivity (Wildman–Crippen MR) is 110 cm³/mol. The maximum absolute atomic E-state index is 12.6. The largest absolute Gasteiger partial charge is 0.349 e. The third-order valence-corrected chi connectivity index (χ3v) is 4.84. The van der Waals surface area contributed by atoms with E-state index in [2.05, 4.69) is 25.8 Å². The Balaban J connectivity index is 1.45. The van der Waals surface area contributed by atoms with Gasteiger partial charge in [0.2, 0.25) is 11.8 Å². The Labute approximate surface area is 168 Å². The molecular weight excluding hydrogens is 366 g/mol. The van der Waals surface area contributed by atoms with Gasteiger partial charge in [-0.1, -0.05) is 42.5 Å². The van der Waals surface area contributed by atoms with Crippen LogP contribution < -0.4 is 10.6 Å². The summed E-state index contributed by atoms with van der Waals surface area (Å²) in [7, 11) is 0. The third-order valence-electron chi connectivity index (χ3n) is 4.84. The Morgan fingerprint density at radius 2 is 1.93 bits per heavy atom. The molecule has 0 saturated heterocycles. The number of nitrogens with zero attached hydrogens (tertiary/aromatic N) is 2. The summed E-state index contributed by atoms with van der Waals surface area (Å²) in [5.41, 5.74) is 2.40. The molecule has 1 aliphatic rings. The number of hydrogen-bond donors (Lipinski definition) is 3. The molecule has 0 aliphatic heterocycles. The van der Waals surface area contributed by atoms with E-state index in [4.69, 9.17) is 0 Å². The predicted octanol–water partition coefficient (Wildman–Crippen LogP) is 3.56. The van der Waals surface area contributed by atoms with Gasteiger partial charge in [-0.25, -0.2) is 4.98 Å². The molecule has 2 aromatic carbocycles. The molecule has 0 spiro atoms. The topological polar surface area (TPSA) is 99.8 Å². The van der Waals surface area contributed by atoms with Crippen LogP contribution in [0.4, 0.5) is 5.69 Å². The summed E-state index contributed by atoms with van der Waals surface area (Å²) < 4.78 is 0. The van der Waals surface area contributed by atoms with Crippen LogP contribution in [0.25, 0.3) is 11.4 Å². The summed E-state index contributed by atoms with van der Waals surface area (Å²) in [6.45, 7) is 1.45. The minimum absolute atomic E-state index is 0.139. The zero-order chi connectivity index (χ0) is 20.2. The van der Waals surface area contributed by atoms with Crippen LogP contribution in [0.2, 0.25) is 0 Å². The van der Waals surface area contributed by atoms with Gasteiger partial charge >= 0.3 is 0 Å². The fourth-order valence-corrected chi connectivity index (χ4v) is 3.26. The number of anilines is 1. The first-order valence-corrected chi connectivity index (χ1v) is 9.73. The van der Waals surface area contributed by atoms with Gasteiger partial charge < -0.3 is 10.6 Å². The van der Waals surface area contributed by atoms with E-state index in [0.29, 0.717) is 17.4 Å². The van der Waals surface area contributed by atoms with E-state index in [0.717, 1.165) is 29.8 Å². The van der Waals surface area contributed by atoms with Crippen LogP contribution in [0.1, 0.15) is 49.5 Å². The summed E-state index contributed by atoms with van der Waals surface area (Å²) in [5.74, 6) is 1.70. The van der Waals surface area contributed by atoms with Crippen LogP contribution in [0.3, 0.4) is 0 Å². The second-order valence-corrected chi connectivity index (χ2v) is 7.32. The van der Waals surface area contributed by atoms with E-state index in [1.807, 2.05) is 54.6 Å². The number of rotatable bonds is 7. The average molecular weight is 389 g/mol. The quantitative estimate of drug-likeness (QED) is 0.575. The fourth-order valence-electron chi connectivity index (χ4n) is 3.26. The number of aromatic amines is 1. The summed E-state index contributed by atoms with van der Waals surface area (Å²) in [6.07, 6.45) is 2.45. The molecule has 1 fully saturated rings. The van der Waals surface area contributed by atoms with E-state index < -0.39 is 0 Å². The lowest BCUT2D eigenvalue weighted by Crippen LogP contribution is -2.29. The molecule has 1 atom stereocenters. The van der Waals surface area contributed by atoms with Gasteiger partial charge in [-0.3, -0.25) is 14.7 Å². The molecule has 1 saturated carbocycles. The van der Waals surface area contributed by atoms with E-state index in [-0.39, 0.29) is 24.3 Å². The highest BCUT2D eigenvalue weighted by molar-refractivity contribution is 5.92. The molecule has 1 unspecified atom stereocenters. The highest BCUT2D eigenvalue weighted by atomic mass is 16.2. The molecule has 1 aliphatic carbocycles. The Bertz CT molecular complexity index is 1010. The monoisotopic (exact) mass is 389 g/mol. The van der Waals surface area contributed by atoms with Crippen molar-refractivity contribution in [3.05, 3.63) is 66.0 Å². The number of hydrogen-bond acceptors (Lipinski definition) is 4. The zero-order valence-corrected chi connectivity index (χ0v) is 16.2. The normalized spacial score (nSPS) is 14.2. The van der Waals surface area contributed by atoms with Crippen molar-refractivity contribution in [2.75, 3.05) is 5.32 Å². The van der Waals surface area contributed by atoms with Gasteiger partial charge in [0, 0.05) is 24.1 Å². The molecule has 7 heteroatoms. The van der Waals surface area contributed by atoms with Crippen molar-refractivity contribution in [1.29, 1.82) is 0 Å². The Hall–Kier alpha value is -3.48. The molecule has 0 radical (unpaired) electrons. The van der Waals surface area contributed by atoms with E-state index >= 15 is 0 Å².